The van der Waals surface area contributed by atoms with Crippen molar-refractivity contribution in [2.45, 2.75) is 32.5 Å². The van der Waals surface area contributed by atoms with Crippen molar-refractivity contribution in [3.63, 3.8) is 0 Å². The summed E-state index contributed by atoms with van der Waals surface area (Å²) in [6, 6.07) is 7.21. The van der Waals surface area contributed by atoms with Gasteiger partial charge in [-0.25, -0.2) is 4.98 Å². The van der Waals surface area contributed by atoms with Gasteiger partial charge in [0, 0.05) is 17.1 Å². The predicted octanol–water partition coefficient (Wildman–Crippen LogP) is 4.39. The lowest BCUT2D eigenvalue weighted by Crippen LogP contribution is -2.23. The molecule has 8 heteroatoms. The predicted molar refractivity (Wildman–Crippen MR) is 121 cm³/mol. The van der Waals surface area contributed by atoms with Crippen molar-refractivity contribution >= 4 is 44.9 Å². The zero-order valence-electron chi connectivity index (χ0n) is 16.7. The Bertz CT molecular complexity index is 1100. The number of aromatic nitrogens is 2. The summed E-state index contributed by atoms with van der Waals surface area (Å²) >= 11 is 2.74. The molecule has 0 saturated heterocycles. The highest BCUT2D eigenvalue weighted by molar-refractivity contribution is 7.99. The number of nitrogens with one attached hydrogen (secondary N) is 1. The van der Waals surface area contributed by atoms with Gasteiger partial charge in [-0.1, -0.05) is 17.8 Å². The number of hydrogen-bond acceptors (Lipinski definition) is 6. The topological polar surface area (TPSA) is 73.2 Å². The molecule has 0 bridgehead atoms. The van der Waals surface area contributed by atoms with Crippen LogP contribution in [0.4, 0.5) is 5.69 Å². The molecule has 1 aromatic carbocycles. The van der Waals surface area contributed by atoms with Gasteiger partial charge in [-0.15, -0.1) is 17.9 Å². The lowest BCUT2D eigenvalue weighted by molar-refractivity contribution is -0.113. The third-order valence-corrected chi connectivity index (χ3v) is 6.42. The highest BCUT2D eigenvalue weighted by Gasteiger charge is 2.17. The molecule has 0 aliphatic rings. The maximum absolute atomic E-state index is 13.0. The van der Waals surface area contributed by atoms with E-state index in [1.807, 2.05) is 32.9 Å². The number of thiophene rings is 1. The molecule has 0 atom stereocenters. The van der Waals surface area contributed by atoms with Crippen LogP contribution in [-0.2, 0) is 11.3 Å². The molecule has 3 aromatic rings. The Hall–Kier alpha value is -2.58. The van der Waals surface area contributed by atoms with Gasteiger partial charge in [0.05, 0.1) is 17.7 Å². The van der Waals surface area contributed by atoms with E-state index < -0.39 is 0 Å². The smallest absolute Gasteiger partial charge is 0.263 e. The summed E-state index contributed by atoms with van der Waals surface area (Å²) < 4.78 is 6.97. The zero-order chi connectivity index (χ0) is 21.0. The number of amides is 1. The van der Waals surface area contributed by atoms with Crippen LogP contribution in [0.1, 0.15) is 17.4 Å². The monoisotopic (exact) mass is 429 g/mol. The van der Waals surface area contributed by atoms with E-state index in [0.717, 1.165) is 16.2 Å². The van der Waals surface area contributed by atoms with Gasteiger partial charge in [-0.05, 0) is 50.6 Å². The number of benzene rings is 1. The molecule has 2 heterocycles. The van der Waals surface area contributed by atoms with Gasteiger partial charge in [-0.2, -0.15) is 0 Å². The molecule has 0 radical (unpaired) electrons. The van der Waals surface area contributed by atoms with Crippen molar-refractivity contribution in [3.8, 4) is 5.75 Å². The molecule has 0 aliphatic carbocycles. The summed E-state index contributed by atoms with van der Waals surface area (Å²) in [5.41, 5.74) is 1.56. The average Bonchev–Trinajstić information content (AvgIpc) is 2.98. The Balaban J connectivity index is 1.77. The van der Waals surface area contributed by atoms with E-state index in [9.17, 15) is 9.59 Å². The van der Waals surface area contributed by atoms with Gasteiger partial charge in [0.2, 0.25) is 5.91 Å². The minimum atomic E-state index is -0.169. The second kappa shape index (κ2) is 9.28. The second-order valence-electron chi connectivity index (χ2n) is 6.36. The number of anilines is 1. The molecule has 3 rings (SSSR count). The SMILES string of the molecule is C=CCn1c(SCC(=O)Nc2ccc(OCC)cc2)nc2sc(C)c(C)c2c1=O. The van der Waals surface area contributed by atoms with Crippen LogP contribution in [0.3, 0.4) is 0 Å². The van der Waals surface area contributed by atoms with E-state index in [0.29, 0.717) is 34.2 Å². The largest absolute Gasteiger partial charge is 0.494 e. The third kappa shape index (κ3) is 4.71. The quantitative estimate of drug-likeness (QED) is 0.327. The van der Waals surface area contributed by atoms with E-state index in [1.165, 1.54) is 23.1 Å². The summed E-state index contributed by atoms with van der Waals surface area (Å²) in [6.45, 7) is 10.5. The minimum Gasteiger partial charge on any atom is -0.494 e. The highest BCUT2D eigenvalue weighted by Crippen LogP contribution is 2.28. The molecule has 29 heavy (non-hydrogen) atoms. The minimum absolute atomic E-state index is 0.0915. The first-order valence-electron chi connectivity index (χ1n) is 9.21. The van der Waals surface area contributed by atoms with Crippen LogP contribution < -0.4 is 15.6 Å². The standard InChI is InChI=1S/C21H23N3O3S2/c1-5-11-24-20(26)18-13(3)14(4)29-19(18)23-21(24)28-12-17(25)22-15-7-9-16(10-8-15)27-6-2/h5,7-10H,1,6,11-12H2,2-4H3,(H,22,25). The molecule has 1 N–H and O–H groups in total. The molecule has 152 valence electrons. The number of thioether (sulfide) groups is 1. The fraction of sp³-hybridized carbons (Fsp3) is 0.286. The third-order valence-electron chi connectivity index (χ3n) is 4.35. The molecule has 0 spiro atoms. The van der Waals surface area contributed by atoms with Crippen molar-refractivity contribution in [1.82, 2.24) is 9.55 Å². The van der Waals surface area contributed by atoms with Crippen molar-refractivity contribution in [2.75, 3.05) is 17.7 Å². The van der Waals surface area contributed by atoms with E-state index in [1.54, 1.807) is 22.8 Å². The van der Waals surface area contributed by atoms with E-state index in [2.05, 4.69) is 16.9 Å². The summed E-state index contributed by atoms with van der Waals surface area (Å²) in [7, 11) is 0. The molecule has 2 aromatic heterocycles. The van der Waals surface area contributed by atoms with Crippen LogP contribution in [0, 0.1) is 13.8 Å². The van der Waals surface area contributed by atoms with Crippen molar-refractivity contribution in [3.05, 3.63) is 57.7 Å². The number of carbonyl (C=O) groups excluding carboxylic acids is 1. The van der Waals surface area contributed by atoms with Gasteiger partial charge < -0.3 is 10.1 Å². The fourth-order valence-corrected chi connectivity index (χ4v) is 4.72. The van der Waals surface area contributed by atoms with Crippen LogP contribution in [0.25, 0.3) is 10.2 Å². The molecule has 6 nitrogen and oxygen atoms in total. The number of allylic oxidation sites excluding steroid dienone is 1. The number of ether oxygens (including phenoxy) is 1. The van der Waals surface area contributed by atoms with Gasteiger partial charge in [0.25, 0.3) is 5.56 Å². The number of hydrogen-bond donors (Lipinski definition) is 1. The summed E-state index contributed by atoms with van der Waals surface area (Å²) in [6.07, 6.45) is 1.66. The van der Waals surface area contributed by atoms with Crippen LogP contribution in [0.15, 0.2) is 46.9 Å². The van der Waals surface area contributed by atoms with Crippen molar-refractivity contribution in [1.29, 1.82) is 0 Å². The second-order valence-corrected chi connectivity index (χ2v) is 8.50. The molecular formula is C21H23N3O3S2. The number of fused-ring (bicyclic) bond motifs is 1. The van der Waals surface area contributed by atoms with Crippen LogP contribution in [0.5, 0.6) is 5.75 Å². The molecular weight excluding hydrogens is 406 g/mol. The average molecular weight is 430 g/mol. The Morgan fingerprint density at radius 1 is 1.34 bits per heavy atom. The number of carbonyl (C=O) groups is 1. The lowest BCUT2D eigenvalue weighted by atomic mass is 10.2. The molecule has 0 fully saturated rings. The van der Waals surface area contributed by atoms with Gasteiger partial charge in [-0.3, -0.25) is 14.2 Å². The fourth-order valence-electron chi connectivity index (χ4n) is 2.84. The van der Waals surface area contributed by atoms with Crippen LogP contribution in [-0.4, -0.2) is 27.8 Å². The summed E-state index contributed by atoms with van der Waals surface area (Å²) in [5.74, 6) is 0.732. The van der Waals surface area contributed by atoms with Gasteiger partial charge in [0.15, 0.2) is 5.16 Å². The van der Waals surface area contributed by atoms with Crippen molar-refractivity contribution < 1.29 is 9.53 Å². The van der Waals surface area contributed by atoms with Crippen molar-refractivity contribution in [2.24, 2.45) is 0 Å². The zero-order valence-corrected chi connectivity index (χ0v) is 18.3. The van der Waals surface area contributed by atoms with E-state index >= 15 is 0 Å². The Morgan fingerprint density at radius 3 is 2.72 bits per heavy atom. The molecule has 0 aliphatic heterocycles. The molecule has 1 amide bonds. The number of nitrogens with zero attached hydrogens (tertiary/aromatic N) is 2. The summed E-state index contributed by atoms with van der Waals surface area (Å²) in [5, 5.41) is 4.02. The van der Waals surface area contributed by atoms with E-state index in [-0.39, 0.29) is 17.2 Å². The maximum Gasteiger partial charge on any atom is 0.263 e. The van der Waals surface area contributed by atoms with Crippen LogP contribution in [0.2, 0.25) is 0 Å². The molecule has 0 saturated carbocycles. The van der Waals surface area contributed by atoms with Gasteiger partial charge in [0.1, 0.15) is 10.6 Å². The Labute approximate surface area is 177 Å². The van der Waals surface area contributed by atoms with Crippen LogP contribution >= 0.6 is 23.1 Å². The maximum atomic E-state index is 13.0. The Morgan fingerprint density at radius 2 is 2.07 bits per heavy atom. The first-order chi connectivity index (χ1) is 13.9. The molecule has 0 unspecified atom stereocenters. The number of aryl methyl sites for hydroxylation is 2. The van der Waals surface area contributed by atoms with Gasteiger partial charge >= 0.3 is 0 Å². The van der Waals surface area contributed by atoms with E-state index in [4.69, 9.17) is 4.74 Å². The number of rotatable bonds is 8. The summed E-state index contributed by atoms with van der Waals surface area (Å²) in [4.78, 5) is 31.8. The normalized spacial score (nSPS) is 10.9. The first-order valence-corrected chi connectivity index (χ1v) is 11.0. The highest BCUT2D eigenvalue weighted by atomic mass is 32.2. The first kappa shape index (κ1) is 21.1. The Kier molecular flexibility index (Phi) is 6.76. The lowest BCUT2D eigenvalue weighted by Gasteiger charge is -2.11.